The molecule has 2 atom stereocenters. The highest BCUT2D eigenvalue weighted by atomic mass is 32.2. The number of nitrogens with one attached hydrogen (secondary N) is 1. The number of hydrogen-bond donors (Lipinski definition) is 1. The molecule has 28 heavy (non-hydrogen) atoms. The maximum absolute atomic E-state index is 12.6. The lowest BCUT2D eigenvalue weighted by Crippen LogP contribution is -2.44. The standard InChI is InChI=1S/C22H30N2O3S/c1-5-24-14-22(27-15-17(24)4)19-6-10-20(11-7-19)23-28(25,26)21-12-8-18(9-13-21)16(2)3/h6-13,16-17,22-23H,5,14-15H2,1-4H3/t17-,22-/m1/s1. The van der Waals surface area contributed by atoms with Crippen molar-refractivity contribution < 1.29 is 13.2 Å². The second-order valence-electron chi connectivity index (χ2n) is 7.71. The van der Waals surface area contributed by atoms with Gasteiger partial charge in [0.2, 0.25) is 0 Å². The number of benzene rings is 2. The molecule has 0 spiro atoms. The van der Waals surface area contributed by atoms with E-state index in [0.717, 1.165) is 24.2 Å². The smallest absolute Gasteiger partial charge is 0.261 e. The lowest BCUT2D eigenvalue weighted by molar-refractivity contribution is -0.0580. The van der Waals surface area contributed by atoms with Crippen LogP contribution in [0.3, 0.4) is 0 Å². The molecular weight excluding hydrogens is 372 g/mol. The van der Waals surface area contributed by atoms with Crippen LogP contribution in [0.4, 0.5) is 5.69 Å². The van der Waals surface area contributed by atoms with Gasteiger partial charge in [-0.1, -0.05) is 45.0 Å². The summed E-state index contributed by atoms with van der Waals surface area (Å²) in [5, 5.41) is 0. The summed E-state index contributed by atoms with van der Waals surface area (Å²) in [7, 11) is -3.60. The minimum atomic E-state index is -3.60. The van der Waals surface area contributed by atoms with Crippen molar-refractivity contribution in [3.8, 4) is 0 Å². The highest BCUT2D eigenvalue weighted by Gasteiger charge is 2.26. The van der Waals surface area contributed by atoms with Gasteiger partial charge in [0.15, 0.2) is 0 Å². The lowest BCUT2D eigenvalue weighted by atomic mass is 10.0. The molecule has 1 fully saturated rings. The van der Waals surface area contributed by atoms with Crippen LogP contribution in [0, 0.1) is 0 Å². The molecule has 0 bridgehead atoms. The van der Waals surface area contributed by atoms with E-state index in [-0.39, 0.29) is 11.0 Å². The van der Waals surface area contributed by atoms with E-state index in [0.29, 0.717) is 24.3 Å². The first kappa shape index (κ1) is 20.8. The molecule has 1 saturated heterocycles. The quantitative estimate of drug-likeness (QED) is 0.778. The molecular formula is C22H30N2O3S. The minimum absolute atomic E-state index is 0.0189. The van der Waals surface area contributed by atoms with Crippen molar-refractivity contribution in [2.24, 2.45) is 0 Å². The number of ether oxygens (including phenoxy) is 1. The van der Waals surface area contributed by atoms with Crippen molar-refractivity contribution in [1.82, 2.24) is 4.90 Å². The first-order valence-corrected chi connectivity index (χ1v) is 11.4. The molecule has 1 heterocycles. The molecule has 3 rings (SSSR count). The van der Waals surface area contributed by atoms with E-state index in [1.807, 2.05) is 24.3 Å². The van der Waals surface area contributed by atoms with Crippen LogP contribution < -0.4 is 4.72 Å². The SMILES string of the molecule is CCN1C[C@H](c2ccc(NS(=O)(=O)c3ccc(C(C)C)cc3)cc2)OC[C@H]1C. The van der Waals surface area contributed by atoms with Gasteiger partial charge in [-0.05, 0) is 54.8 Å². The number of sulfonamides is 1. The van der Waals surface area contributed by atoms with Crippen LogP contribution >= 0.6 is 0 Å². The van der Waals surface area contributed by atoms with Crippen molar-refractivity contribution in [1.29, 1.82) is 0 Å². The lowest BCUT2D eigenvalue weighted by Gasteiger charge is -2.37. The topological polar surface area (TPSA) is 58.6 Å². The van der Waals surface area contributed by atoms with Gasteiger partial charge in [-0.2, -0.15) is 0 Å². The Morgan fingerprint density at radius 1 is 1.11 bits per heavy atom. The van der Waals surface area contributed by atoms with Crippen LogP contribution in [0.5, 0.6) is 0 Å². The van der Waals surface area contributed by atoms with Crippen molar-refractivity contribution in [3.63, 3.8) is 0 Å². The zero-order chi connectivity index (χ0) is 20.3. The van der Waals surface area contributed by atoms with E-state index in [2.05, 4.69) is 37.3 Å². The third-order valence-electron chi connectivity index (χ3n) is 5.36. The molecule has 0 unspecified atom stereocenters. The van der Waals surface area contributed by atoms with E-state index in [1.165, 1.54) is 0 Å². The molecule has 2 aromatic carbocycles. The van der Waals surface area contributed by atoms with Crippen molar-refractivity contribution >= 4 is 15.7 Å². The van der Waals surface area contributed by atoms with Gasteiger partial charge < -0.3 is 4.74 Å². The Morgan fingerprint density at radius 3 is 2.32 bits per heavy atom. The van der Waals surface area contributed by atoms with Crippen molar-refractivity contribution in [2.75, 3.05) is 24.4 Å². The van der Waals surface area contributed by atoms with Gasteiger partial charge >= 0.3 is 0 Å². The predicted molar refractivity (Wildman–Crippen MR) is 113 cm³/mol. The Labute approximate surface area is 168 Å². The summed E-state index contributed by atoms with van der Waals surface area (Å²) >= 11 is 0. The van der Waals surface area contributed by atoms with Gasteiger partial charge in [0.25, 0.3) is 10.0 Å². The van der Waals surface area contributed by atoms with E-state index in [1.54, 1.807) is 24.3 Å². The molecule has 0 radical (unpaired) electrons. The van der Waals surface area contributed by atoms with E-state index in [4.69, 9.17) is 4.74 Å². The Morgan fingerprint density at radius 2 is 1.75 bits per heavy atom. The maximum atomic E-state index is 12.6. The molecule has 1 aliphatic rings. The summed E-state index contributed by atoms with van der Waals surface area (Å²) in [5.41, 5.74) is 2.73. The molecule has 0 aromatic heterocycles. The number of rotatable bonds is 6. The van der Waals surface area contributed by atoms with E-state index < -0.39 is 10.0 Å². The summed E-state index contributed by atoms with van der Waals surface area (Å²) in [5.74, 6) is 0.367. The number of anilines is 1. The summed E-state index contributed by atoms with van der Waals surface area (Å²) in [6, 6.07) is 14.9. The number of morpholine rings is 1. The minimum Gasteiger partial charge on any atom is -0.371 e. The predicted octanol–water partition coefficient (Wildman–Crippen LogP) is 4.39. The first-order chi connectivity index (χ1) is 13.3. The zero-order valence-corrected chi connectivity index (χ0v) is 17.9. The molecule has 1 N–H and O–H groups in total. The fourth-order valence-electron chi connectivity index (χ4n) is 3.46. The van der Waals surface area contributed by atoms with Gasteiger partial charge in [0.05, 0.1) is 17.6 Å². The van der Waals surface area contributed by atoms with Gasteiger partial charge in [0.1, 0.15) is 0 Å². The molecule has 1 aliphatic heterocycles. The highest BCUT2D eigenvalue weighted by Crippen LogP contribution is 2.26. The highest BCUT2D eigenvalue weighted by molar-refractivity contribution is 7.92. The Bertz CT molecular complexity index is 877. The van der Waals surface area contributed by atoms with Gasteiger partial charge in [-0.25, -0.2) is 8.42 Å². The Hall–Kier alpha value is -1.89. The zero-order valence-electron chi connectivity index (χ0n) is 17.1. The number of hydrogen-bond acceptors (Lipinski definition) is 4. The fraction of sp³-hybridized carbons (Fsp3) is 0.455. The monoisotopic (exact) mass is 402 g/mol. The number of nitrogens with zero attached hydrogens (tertiary/aromatic N) is 1. The molecule has 0 aliphatic carbocycles. The Kier molecular flexibility index (Phi) is 6.43. The summed E-state index contributed by atoms with van der Waals surface area (Å²) in [4.78, 5) is 2.66. The molecule has 0 saturated carbocycles. The molecule has 152 valence electrons. The summed E-state index contributed by atoms with van der Waals surface area (Å²) < 4.78 is 33.9. The second kappa shape index (κ2) is 8.64. The van der Waals surface area contributed by atoms with Crippen molar-refractivity contribution in [3.05, 3.63) is 59.7 Å². The van der Waals surface area contributed by atoms with Gasteiger partial charge in [-0.15, -0.1) is 0 Å². The first-order valence-electron chi connectivity index (χ1n) is 9.88. The number of likely N-dealkylation sites (N-methyl/N-ethyl adjacent to an activating group) is 1. The van der Waals surface area contributed by atoms with E-state index >= 15 is 0 Å². The van der Waals surface area contributed by atoms with Crippen LogP contribution in [0.25, 0.3) is 0 Å². The van der Waals surface area contributed by atoms with Crippen LogP contribution in [0.1, 0.15) is 50.8 Å². The normalized spacial score (nSPS) is 21.0. The summed E-state index contributed by atoms with van der Waals surface area (Å²) in [6.07, 6.45) is 0.0189. The second-order valence-corrected chi connectivity index (χ2v) is 9.39. The molecule has 2 aromatic rings. The third-order valence-corrected chi connectivity index (χ3v) is 6.76. The summed E-state index contributed by atoms with van der Waals surface area (Å²) in [6.45, 7) is 11.0. The average Bonchev–Trinajstić information content (AvgIpc) is 2.69. The van der Waals surface area contributed by atoms with Gasteiger partial charge in [0, 0.05) is 18.3 Å². The molecule has 0 amide bonds. The Balaban J connectivity index is 1.69. The molecule has 5 nitrogen and oxygen atoms in total. The van der Waals surface area contributed by atoms with Crippen LogP contribution in [-0.4, -0.2) is 39.1 Å². The van der Waals surface area contributed by atoms with Crippen LogP contribution in [0.2, 0.25) is 0 Å². The van der Waals surface area contributed by atoms with Crippen LogP contribution in [-0.2, 0) is 14.8 Å². The maximum Gasteiger partial charge on any atom is 0.261 e. The van der Waals surface area contributed by atoms with E-state index in [9.17, 15) is 8.42 Å². The van der Waals surface area contributed by atoms with Gasteiger partial charge in [-0.3, -0.25) is 9.62 Å². The molecule has 6 heteroatoms. The average molecular weight is 403 g/mol. The fourth-order valence-corrected chi connectivity index (χ4v) is 4.52. The van der Waals surface area contributed by atoms with Crippen molar-refractivity contribution in [2.45, 2.75) is 50.7 Å². The van der Waals surface area contributed by atoms with Crippen LogP contribution in [0.15, 0.2) is 53.4 Å². The third kappa shape index (κ3) is 4.74. The largest absolute Gasteiger partial charge is 0.371 e.